The Labute approximate surface area is 163 Å². The number of piperazine rings is 1. The van der Waals surface area contributed by atoms with Gasteiger partial charge in [-0.1, -0.05) is 32.6 Å². The van der Waals surface area contributed by atoms with Gasteiger partial charge in [-0.05, 0) is 44.0 Å². The van der Waals surface area contributed by atoms with Gasteiger partial charge in [0.25, 0.3) is 0 Å². The molecule has 1 N–H and O–H groups in total. The average molecular weight is 376 g/mol. The highest BCUT2D eigenvalue weighted by Crippen LogP contribution is 2.30. The minimum atomic E-state index is -0.243. The zero-order chi connectivity index (χ0) is 19.2. The van der Waals surface area contributed by atoms with Gasteiger partial charge in [0.1, 0.15) is 5.82 Å². The zero-order valence-corrected chi connectivity index (χ0v) is 16.8. The number of anilines is 1. The molecule has 1 aromatic rings. The highest BCUT2D eigenvalue weighted by molar-refractivity contribution is 5.76. The third kappa shape index (κ3) is 5.44. The Morgan fingerprint density at radius 2 is 1.93 bits per heavy atom. The molecule has 0 bridgehead atoms. The Morgan fingerprint density at radius 1 is 1.22 bits per heavy atom. The second-order valence-electron chi connectivity index (χ2n) is 8.10. The second-order valence-corrected chi connectivity index (χ2v) is 8.10. The lowest BCUT2D eigenvalue weighted by Gasteiger charge is -2.37. The highest BCUT2D eigenvalue weighted by Gasteiger charge is 2.22. The third-order valence-electron chi connectivity index (χ3n) is 6.25. The molecule has 2 aliphatic rings. The molecule has 1 aromatic carbocycles. The number of rotatable bonds is 7. The van der Waals surface area contributed by atoms with Gasteiger partial charge >= 0.3 is 0 Å². The van der Waals surface area contributed by atoms with Crippen molar-refractivity contribution in [2.45, 2.75) is 58.4 Å². The van der Waals surface area contributed by atoms with Gasteiger partial charge in [0, 0.05) is 43.9 Å². The SMILES string of the molecule is CCN1CCN(c2ccc(F)cc2[C@H](C)NC(=O)CCC2CCCC2)CC1. The predicted octanol–water partition coefficient (Wildman–Crippen LogP) is 4.12. The van der Waals surface area contributed by atoms with Crippen molar-refractivity contribution in [2.75, 3.05) is 37.6 Å². The van der Waals surface area contributed by atoms with E-state index in [-0.39, 0.29) is 17.8 Å². The number of benzene rings is 1. The fourth-order valence-electron chi connectivity index (χ4n) is 4.49. The number of amides is 1. The van der Waals surface area contributed by atoms with Crippen molar-refractivity contribution in [1.29, 1.82) is 0 Å². The lowest BCUT2D eigenvalue weighted by atomic mass is 10.0. The van der Waals surface area contributed by atoms with E-state index in [0.29, 0.717) is 12.3 Å². The first kappa shape index (κ1) is 20.1. The molecule has 150 valence electrons. The second kappa shape index (κ2) is 9.54. The standard InChI is InChI=1S/C22H34FN3O/c1-3-25-12-14-26(15-13-25)21-10-9-19(23)16-20(21)17(2)24-22(27)11-8-18-6-4-5-7-18/h9-10,16-18H,3-8,11-15H2,1-2H3,(H,24,27)/t17-/m0/s1. The van der Waals surface area contributed by atoms with Crippen LogP contribution in [0.2, 0.25) is 0 Å². The monoisotopic (exact) mass is 375 g/mol. The van der Waals surface area contributed by atoms with Crippen molar-refractivity contribution in [3.63, 3.8) is 0 Å². The molecule has 1 aliphatic heterocycles. The molecule has 5 heteroatoms. The van der Waals surface area contributed by atoms with Gasteiger partial charge in [-0.3, -0.25) is 4.79 Å². The van der Waals surface area contributed by atoms with E-state index in [0.717, 1.165) is 50.4 Å². The summed E-state index contributed by atoms with van der Waals surface area (Å²) in [7, 11) is 0. The molecule has 2 fully saturated rings. The lowest BCUT2D eigenvalue weighted by Crippen LogP contribution is -2.46. The van der Waals surface area contributed by atoms with E-state index in [1.165, 1.54) is 31.7 Å². The van der Waals surface area contributed by atoms with Crippen LogP contribution in [-0.2, 0) is 4.79 Å². The molecule has 1 saturated carbocycles. The summed E-state index contributed by atoms with van der Waals surface area (Å²) in [5.41, 5.74) is 1.94. The largest absolute Gasteiger partial charge is 0.369 e. The summed E-state index contributed by atoms with van der Waals surface area (Å²) < 4.78 is 13.9. The average Bonchev–Trinajstić information content (AvgIpc) is 3.20. The van der Waals surface area contributed by atoms with Gasteiger partial charge in [0.15, 0.2) is 0 Å². The number of carbonyl (C=O) groups is 1. The Hall–Kier alpha value is -1.62. The number of likely N-dealkylation sites (N-methyl/N-ethyl adjacent to an activating group) is 1. The molecule has 4 nitrogen and oxygen atoms in total. The minimum Gasteiger partial charge on any atom is -0.369 e. The Bertz CT molecular complexity index is 622. The summed E-state index contributed by atoms with van der Waals surface area (Å²) in [6, 6.07) is 4.80. The molecular weight excluding hydrogens is 341 g/mol. The van der Waals surface area contributed by atoms with Crippen molar-refractivity contribution in [2.24, 2.45) is 5.92 Å². The van der Waals surface area contributed by atoms with Gasteiger partial charge in [-0.2, -0.15) is 0 Å². The van der Waals surface area contributed by atoms with Crippen LogP contribution in [0, 0.1) is 11.7 Å². The first-order valence-electron chi connectivity index (χ1n) is 10.6. The van der Waals surface area contributed by atoms with Crippen LogP contribution in [0.1, 0.15) is 64.0 Å². The number of carbonyl (C=O) groups excluding carboxylic acids is 1. The van der Waals surface area contributed by atoms with Gasteiger partial charge in [0.2, 0.25) is 5.91 Å². The van der Waals surface area contributed by atoms with Crippen LogP contribution in [-0.4, -0.2) is 43.5 Å². The van der Waals surface area contributed by atoms with Crippen molar-refractivity contribution < 1.29 is 9.18 Å². The molecule has 1 amide bonds. The van der Waals surface area contributed by atoms with Crippen LogP contribution in [0.15, 0.2) is 18.2 Å². The summed E-state index contributed by atoms with van der Waals surface area (Å²) in [6.07, 6.45) is 6.70. The maximum absolute atomic E-state index is 13.9. The smallest absolute Gasteiger partial charge is 0.220 e. The highest BCUT2D eigenvalue weighted by atomic mass is 19.1. The first-order chi connectivity index (χ1) is 13.1. The van der Waals surface area contributed by atoms with Crippen LogP contribution in [0.5, 0.6) is 0 Å². The van der Waals surface area contributed by atoms with E-state index in [1.54, 1.807) is 6.07 Å². The Morgan fingerprint density at radius 3 is 2.59 bits per heavy atom. The lowest BCUT2D eigenvalue weighted by molar-refractivity contribution is -0.122. The summed E-state index contributed by atoms with van der Waals surface area (Å²) >= 11 is 0. The molecule has 0 aromatic heterocycles. The Balaban J connectivity index is 1.62. The van der Waals surface area contributed by atoms with E-state index < -0.39 is 0 Å². The zero-order valence-electron chi connectivity index (χ0n) is 16.8. The molecule has 1 aliphatic carbocycles. The fraction of sp³-hybridized carbons (Fsp3) is 0.682. The molecule has 1 saturated heterocycles. The van der Waals surface area contributed by atoms with Crippen LogP contribution >= 0.6 is 0 Å². The van der Waals surface area contributed by atoms with E-state index in [9.17, 15) is 9.18 Å². The topological polar surface area (TPSA) is 35.6 Å². The molecule has 0 radical (unpaired) electrons. The quantitative estimate of drug-likeness (QED) is 0.779. The van der Waals surface area contributed by atoms with Crippen LogP contribution in [0.25, 0.3) is 0 Å². The molecule has 27 heavy (non-hydrogen) atoms. The fourth-order valence-corrected chi connectivity index (χ4v) is 4.49. The van der Waals surface area contributed by atoms with Gasteiger partial charge in [-0.15, -0.1) is 0 Å². The van der Waals surface area contributed by atoms with E-state index in [4.69, 9.17) is 0 Å². The van der Waals surface area contributed by atoms with Gasteiger partial charge < -0.3 is 15.1 Å². The van der Waals surface area contributed by atoms with Crippen molar-refractivity contribution >= 4 is 11.6 Å². The van der Waals surface area contributed by atoms with Gasteiger partial charge in [-0.25, -0.2) is 4.39 Å². The predicted molar refractivity (Wildman–Crippen MR) is 108 cm³/mol. The van der Waals surface area contributed by atoms with E-state index >= 15 is 0 Å². The third-order valence-corrected chi connectivity index (χ3v) is 6.25. The summed E-state index contributed by atoms with van der Waals surface area (Å²) in [4.78, 5) is 17.2. The first-order valence-corrected chi connectivity index (χ1v) is 10.6. The number of hydrogen-bond donors (Lipinski definition) is 1. The number of nitrogens with one attached hydrogen (secondary N) is 1. The van der Waals surface area contributed by atoms with Crippen LogP contribution < -0.4 is 10.2 Å². The number of hydrogen-bond acceptors (Lipinski definition) is 3. The van der Waals surface area contributed by atoms with Crippen molar-refractivity contribution in [3.8, 4) is 0 Å². The molecule has 3 rings (SSSR count). The Kier molecular flexibility index (Phi) is 7.11. The number of nitrogens with zero attached hydrogens (tertiary/aromatic N) is 2. The maximum Gasteiger partial charge on any atom is 0.220 e. The van der Waals surface area contributed by atoms with Crippen molar-refractivity contribution in [1.82, 2.24) is 10.2 Å². The molecule has 0 spiro atoms. The molecular formula is C22H34FN3O. The molecule has 1 atom stereocenters. The summed E-state index contributed by atoms with van der Waals surface area (Å²) in [5, 5.41) is 3.10. The molecule has 1 heterocycles. The molecule has 0 unspecified atom stereocenters. The number of halogens is 1. The van der Waals surface area contributed by atoms with E-state index in [2.05, 4.69) is 22.0 Å². The minimum absolute atomic E-state index is 0.0837. The van der Waals surface area contributed by atoms with Gasteiger partial charge in [0.05, 0.1) is 6.04 Å². The van der Waals surface area contributed by atoms with E-state index in [1.807, 2.05) is 13.0 Å². The van der Waals surface area contributed by atoms with Crippen LogP contribution in [0.3, 0.4) is 0 Å². The maximum atomic E-state index is 13.9. The normalized spacial score (nSPS) is 20.0. The van der Waals surface area contributed by atoms with Crippen LogP contribution in [0.4, 0.5) is 10.1 Å². The summed E-state index contributed by atoms with van der Waals surface area (Å²) in [6.45, 7) is 9.14. The summed E-state index contributed by atoms with van der Waals surface area (Å²) in [5.74, 6) is 0.555. The van der Waals surface area contributed by atoms with Crippen molar-refractivity contribution in [3.05, 3.63) is 29.6 Å².